The molecular formula is C18H23ClN4O2. The molecule has 0 saturated carbocycles. The van der Waals surface area contributed by atoms with Crippen molar-refractivity contribution in [2.75, 3.05) is 25.5 Å². The summed E-state index contributed by atoms with van der Waals surface area (Å²) < 4.78 is 7.28. The third-order valence-corrected chi connectivity index (χ3v) is 4.86. The van der Waals surface area contributed by atoms with E-state index in [4.69, 9.17) is 16.3 Å². The number of likely N-dealkylation sites (tertiary alicyclic amines) is 1. The van der Waals surface area contributed by atoms with Crippen molar-refractivity contribution < 1.29 is 9.53 Å². The first kappa shape index (κ1) is 17.6. The lowest BCUT2D eigenvalue weighted by Crippen LogP contribution is -2.42. The molecule has 1 aliphatic heterocycles. The van der Waals surface area contributed by atoms with Gasteiger partial charge in [-0.1, -0.05) is 11.6 Å². The van der Waals surface area contributed by atoms with Gasteiger partial charge in [0.15, 0.2) is 0 Å². The quantitative estimate of drug-likeness (QED) is 0.895. The highest BCUT2D eigenvalue weighted by molar-refractivity contribution is 6.32. The van der Waals surface area contributed by atoms with Gasteiger partial charge in [-0.05, 0) is 38.0 Å². The molecule has 3 rings (SSSR count). The number of aromatic nitrogens is 2. The first-order valence-electron chi connectivity index (χ1n) is 8.53. The fraction of sp³-hybridized carbons (Fsp3) is 0.444. The van der Waals surface area contributed by atoms with E-state index in [1.807, 2.05) is 17.3 Å². The molecule has 6 nitrogen and oxygen atoms in total. The van der Waals surface area contributed by atoms with Crippen LogP contribution in [-0.4, -0.2) is 40.7 Å². The molecule has 1 fully saturated rings. The number of nitrogens with zero attached hydrogens (tertiary/aromatic N) is 3. The van der Waals surface area contributed by atoms with Crippen molar-refractivity contribution in [1.29, 1.82) is 0 Å². The number of imidazole rings is 1. The maximum atomic E-state index is 12.6. The highest BCUT2D eigenvalue weighted by Crippen LogP contribution is 2.29. The van der Waals surface area contributed by atoms with Crippen molar-refractivity contribution in [2.24, 2.45) is 0 Å². The Bertz CT molecular complexity index is 746. The molecule has 1 aromatic carbocycles. The average Bonchev–Trinajstić information content (AvgIpc) is 3.11. The van der Waals surface area contributed by atoms with Crippen molar-refractivity contribution in [3.8, 4) is 5.75 Å². The number of hydrogen-bond donors (Lipinski definition) is 1. The van der Waals surface area contributed by atoms with Crippen LogP contribution < -0.4 is 10.1 Å². The number of piperidine rings is 1. The van der Waals surface area contributed by atoms with Crippen LogP contribution in [0.4, 0.5) is 10.5 Å². The summed E-state index contributed by atoms with van der Waals surface area (Å²) in [7, 11) is 1.56. The number of methoxy groups -OCH3 is 1. The molecule has 2 aromatic rings. The number of aryl methyl sites for hydroxylation is 1. The first-order valence-corrected chi connectivity index (χ1v) is 8.90. The fourth-order valence-corrected chi connectivity index (χ4v) is 3.52. The van der Waals surface area contributed by atoms with Gasteiger partial charge in [0.1, 0.15) is 11.6 Å². The third kappa shape index (κ3) is 3.90. The molecule has 0 unspecified atom stereocenters. The predicted octanol–water partition coefficient (Wildman–Crippen LogP) is 3.98. The van der Waals surface area contributed by atoms with E-state index < -0.39 is 0 Å². The highest BCUT2D eigenvalue weighted by Gasteiger charge is 2.27. The highest BCUT2D eigenvalue weighted by atomic mass is 35.5. The summed E-state index contributed by atoms with van der Waals surface area (Å²) in [5, 5.41) is 3.39. The smallest absolute Gasteiger partial charge is 0.321 e. The molecule has 7 heteroatoms. The Morgan fingerprint density at radius 3 is 3.04 bits per heavy atom. The van der Waals surface area contributed by atoms with E-state index in [2.05, 4.69) is 21.8 Å². The number of urea groups is 1. The van der Waals surface area contributed by atoms with E-state index in [-0.39, 0.29) is 11.9 Å². The van der Waals surface area contributed by atoms with E-state index in [0.29, 0.717) is 23.0 Å². The zero-order chi connectivity index (χ0) is 17.8. The summed E-state index contributed by atoms with van der Waals surface area (Å²) in [4.78, 5) is 19.0. The number of halogens is 1. The van der Waals surface area contributed by atoms with E-state index >= 15 is 0 Å². The largest absolute Gasteiger partial charge is 0.495 e. The number of carbonyl (C=O) groups is 1. The van der Waals surface area contributed by atoms with Crippen LogP contribution in [0.1, 0.15) is 31.5 Å². The number of amides is 2. The van der Waals surface area contributed by atoms with E-state index in [9.17, 15) is 4.79 Å². The molecule has 25 heavy (non-hydrogen) atoms. The maximum absolute atomic E-state index is 12.6. The molecule has 0 spiro atoms. The van der Waals surface area contributed by atoms with Gasteiger partial charge in [-0.15, -0.1) is 0 Å². The van der Waals surface area contributed by atoms with Gasteiger partial charge < -0.3 is 19.5 Å². The van der Waals surface area contributed by atoms with Crippen molar-refractivity contribution in [2.45, 2.75) is 32.2 Å². The number of nitrogens with one attached hydrogen (secondary N) is 1. The van der Waals surface area contributed by atoms with E-state index in [0.717, 1.165) is 31.8 Å². The fourth-order valence-electron chi connectivity index (χ4n) is 3.27. The van der Waals surface area contributed by atoms with Crippen LogP contribution in [0, 0.1) is 0 Å². The van der Waals surface area contributed by atoms with Gasteiger partial charge in [0.05, 0.1) is 12.1 Å². The molecule has 1 saturated heterocycles. The van der Waals surface area contributed by atoms with Crippen molar-refractivity contribution in [3.05, 3.63) is 41.4 Å². The van der Waals surface area contributed by atoms with Crippen LogP contribution in [-0.2, 0) is 6.54 Å². The molecule has 0 radical (unpaired) electrons. The Balaban J connectivity index is 1.67. The topological polar surface area (TPSA) is 59.4 Å². The lowest BCUT2D eigenvalue weighted by atomic mass is 9.97. The van der Waals surface area contributed by atoms with Crippen LogP contribution in [0.25, 0.3) is 0 Å². The Hall–Kier alpha value is -2.21. The number of hydrogen-bond acceptors (Lipinski definition) is 3. The molecule has 134 valence electrons. The zero-order valence-electron chi connectivity index (χ0n) is 14.5. The van der Waals surface area contributed by atoms with Crippen molar-refractivity contribution in [1.82, 2.24) is 14.5 Å². The summed E-state index contributed by atoms with van der Waals surface area (Å²) in [6.07, 6.45) is 5.85. The van der Waals surface area contributed by atoms with Crippen molar-refractivity contribution in [3.63, 3.8) is 0 Å². The second-order valence-electron chi connectivity index (χ2n) is 6.14. The molecule has 1 aromatic heterocycles. The monoisotopic (exact) mass is 362 g/mol. The zero-order valence-corrected chi connectivity index (χ0v) is 15.3. The predicted molar refractivity (Wildman–Crippen MR) is 98.5 cm³/mol. The first-order chi connectivity index (χ1) is 12.1. The molecule has 0 aliphatic carbocycles. The van der Waals surface area contributed by atoms with Gasteiger partial charge >= 0.3 is 6.03 Å². The van der Waals surface area contributed by atoms with E-state index in [1.165, 1.54) is 0 Å². The van der Waals surface area contributed by atoms with Crippen molar-refractivity contribution >= 4 is 23.3 Å². The van der Waals surface area contributed by atoms with Gasteiger partial charge in [-0.2, -0.15) is 0 Å². The minimum Gasteiger partial charge on any atom is -0.495 e. The molecule has 0 bridgehead atoms. The number of carbonyl (C=O) groups excluding carboxylic acids is 1. The number of benzene rings is 1. The molecular weight excluding hydrogens is 340 g/mol. The van der Waals surface area contributed by atoms with Crippen LogP contribution >= 0.6 is 11.6 Å². The summed E-state index contributed by atoms with van der Waals surface area (Å²) in [6.45, 7) is 4.42. The van der Waals surface area contributed by atoms with Gasteiger partial charge in [-0.25, -0.2) is 9.78 Å². The Morgan fingerprint density at radius 2 is 2.32 bits per heavy atom. The van der Waals surface area contributed by atoms with Crippen LogP contribution in [0.3, 0.4) is 0 Å². The molecule has 2 heterocycles. The Kier molecular flexibility index (Phi) is 5.48. The number of anilines is 1. The lowest BCUT2D eigenvalue weighted by molar-refractivity contribution is 0.190. The Labute approximate surface area is 152 Å². The molecule has 1 atom stereocenters. The normalized spacial score (nSPS) is 17.4. The second kappa shape index (κ2) is 7.78. The average molecular weight is 363 g/mol. The molecule has 2 amide bonds. The van der Waals surface area contributed by atoms with Crippen LogP contribution in [0.5, 0.6) is 5.75 Å². The molecule has 1 aliphatic rings. The SMILES string of the molecule is CCn1ccnc1[C@@H]1CCCN(C(=O)Nc2ccc(OC)c(Cl)c2)C1. The van der Waals surface area contributed by atoms with Gasteiger partial charge in [0, 0.05) is 43.6 Å². The standard InChI is InChI=1S/C18H23ClN4O2/c1-3-22-10-8-20-17(22)13-5-4-9-23(12-13)18(24)21-14-6-7-16(25-2)15(19)11-14/h6-8,10-11,13H,3-5,9,12H2,1-2H3,(H,21,24)/t13-/m1/s1. The summed E-state index contributed by atoms with van der Waals surface area (Å²) in [6, 6.07) is 5.12. The summed E-state index contributed by atoms with van der Waals surface area (Å²) in [5.41, 5.74) is 0.660. The van der Waals surface area contributed by atoms with Gasteiger partial charge in [-0.3, -0.25) is 0 Å². The molecule has 1 N–H and O–H groups in total. The number of ether oxygens (including phenoxy) is 1. The Morgan fingerprint density at radius 1 is 1.48 bits per heavy atom. The number of rotatable bonds is 4. The third-order valence-electron chi connectivity index (χ3n) is 4.57. The van der Waals surface area contributed by atoms with Gasteiger partial charge in [0.25, 0.3) is 0 Å². The minimum atomic E-state index is -0.111. The van der Waals surface area contributed by atoms with E-state index in [1.54, 1.807) is 25.3 Å². The van der Waals surface area contributed by atoms with Crippen LogP contribution in [0.15, 0.2) is 30.6 Å². The maximum Gasteiger partial charge on any atom is 0.321 e. The van der Waals surface area contributed by atoms with Gasteiger partial charge in [0.2, 0.25) is 0 Å². The second-order valence-corrected chi connectivity index (χ2v) is 6.54. The minimum absolute atomic E-state index is 0.111. The summed E-state index contributed by atoms with van der Waals surface area (Å²) >= 11 is 6.12. The lowest BCUT2D eigenvalue weighted by Gasteiger charge is -2.32. The summed E-state index contributed by atoms with van der Waals surface area (Å²) in [5.74, 6) is 1.92. The van der Waals surface area contributed by atoms with Crippen LogP contribution in [0.2, 0.25) is 5.02 Å².